The van der Waals surface area contributed by atoms with Crippen LogP contribution in [-0.2, 0) is 19.1 Å². The molecule has 7 heteroatoms. The van der Waals surface area contributed by atoms with Crippen LogP contribution in [0.1, 0.15) is 33.6 Å². The van der Waals surface area contributed by atoms with Crippen LogP contribution in [0.4, 0.5) is 0 Å². The van der Waals surface area contributed by atoms with Gasteiger partial charge in [0.1, 0.15) is 6.29 Å². The van der Waals surface area contributed by atoms with Crippen molar-refractivity contribution in [2.45, 2.75) is 57.5 Å². The lowest BCUT2D eigenvalue weighted by molar-refractivity contribution is -0.575. The second-order valence-corrected chi connectivity index (χ2v) is 6.02. The smallest absolute Gasteiger partial charge is 0.303 e. The minimum Gasteiger partial charge on any atom is -0.454 e. The normalized spacial score (nSPS) is 33.8. The van der Waals surface area contributed by atoms with Gasteiger partial charge in [0.25, 0.3) is 5.54 Å². The molecular formula is C13H19NO6. The maximum absolute atomic E-state index is 11.3. The Morgan fingerprint density at radius 2 is 2.05 bits per heavy atom. The molecule has 0 aliphatic carbocycles. The van der Waals surface area contributed by atoms with Crippen LogP contribution in [0.3, 0.4) is 0 Å². The minimum absolute atomic E-state index is 0.205. The zero-order chi connectivity index (χ0) is 15.1. The van der Waals surface area contributed by atoms with Crippen molar-refractivity contribution in [2.75, 3.05) is 0 Å². The Hall–Kier alpha value is -1.50. The summed E-state index contributed by atoms with van der Waals surface area (Å²) in [6.07, 6.45) is 0.866. The van der Waals surface area contributed by atoms with E-state index in [0.717, 1.165) is 19.1 Å². The van der Waals surface area contributed by atoms with E-state index in [1.54, 1.807) is 0 Å². The molecule has 7 nitrogen and oxygen atoms in total. The number of nitrogens with zero attached hydrogens (tertiary/aromatic N) is 1. The first-order valence-corrected chi connectivity index (χ1v) is 6.71. The monoisotopic (exact) mass is 285 g/mol. The van der Waals surface area contributed by atoms with E-state index in [2.05, 4.69) is 0 Å². The molecule has 1 unspecified atom stereocenters. The summed E-state index contributed by atoms with van der Waals surface area (Å²) >= 11 is 0. The summed E-state index contributed by atoms with van der Waals surface area (Å²) in [5, 5.41) is 11.3. The highest BCUT2D eigenvalue weighted by Crippen LogP contribution is 2.47. The first-order valence-electron chi connectivity index (χ1n) is 6.71. The number of esters is 1. The molecule has 2 bridgehead atoms. The van der Waals surface area contributed by atoms with Gasteiger partial charge in [0.05, 0.1) is 12.2 Å². The van der Waals surface area contributed by atoms with Crippen LogP contribution in [0, 0.1) is 22.0 Å². The molecule has 0 aromatic rings. The largest absolute Gasteiger partial charge is 0.454 e. The molecular weight excluding hydrogens is 266 g/mol. The van der Waals surface area contributed by atoms with Gasteiger partial charge in [-0.15, -0.1) is 0 Å². The van der Waals surface area contributed by atoms with Gasteiger partial charge in [-0.1, -0.05) is 0 Å². The second-order valence-electron chi connectivity index (χ2n) is 6.02. The van der Waals surface area contributed by atoms with Crippen LogP contribution in [0.15, 0.2) is 0 Å². The molecule has 5 atom stereocenters. The number of carbonyl (C=O) groups is 2. The van der Waals surface area contributed by atoms with Gasteiger partial charge in [-0.05, 0) is 12.8 Å². The molecule has 2 aliphatic heterocycles. The lowest BCUT2D eigenvalue weighted by Gasteiger charge is -2.35. The van der Waals surface area contributed by atoms with Gasteiger partial charge in [-0.2, -0.15) is 0 Å². The molecule has 0 amide bonds. The molecule has 112 valence electrons. The van der Waals surface area contributed by atoms with Crippen LogP contribution < -0.4 is 0 Å². The summed E-state index contributed by atoms with van der Waals surface area (Å²) in [4.78, 5) is 33.4. The third kappa shape index (κ3) is 2.30. The predicted molar refractivity (Wildman–Crippen MR) is 67.6 cm³/mol. The number of rotatable bonds is 5. The maximum Gasteiger partial charge on any atom is 0.303 e. The number of hydrogen-bond donors (Lipinski definition) is 0. The number of hydrogen-bond acceptors (Lipinski definition) is 6. The van der Waals surface area contributed by atoms with Crippen molar-refractivity contribution in [2.24, 2.45) is 11.8 Å². The highest BCUT2D eigenvalue weighted by atomic mass is 16.6. The van der Waals surface area contributed by atoms with E-state index in [-0.39, 0.29) is 12.2 Å². The molecule has 2 saturated heterocycles. The van der Waals surface area contributed by atoms with Crippen LogP contribution >= 0.6 is 0 Å². The Labute approximate surface area is 116 Å². The Kier molecular flexibility index (Phi) is 3.82. The van der Waals surface area contributed by atoms with Crippen molar-refractivity contribution in [3.05, 3.63) is 10.1 Å². The van der Waals surface area contributed by atoms with Crippen molar-refractivity contribution in [3.63, 3.8) is 0 Å². The Balaban J connectivity index is 2.33. The predicted octanol–water partition coefficient (Wildman–Crippen LogP) is 0.966. The summed E-state index contributed by atoms with van der Waals surface area (Å²) in [7, 11) is 0. The summed E-state index contributed by atoms with van der Waals surface area (Å²) in [5.74, 6) is -1.48. The van der Waals surface area contributed by atoms with E-state index in [0.29, 0.717) is 0 Å². The number of fused-ring (bicyclic) bond motifs is 2. The van der Waals surface area contributed by atoms with Gasteiger partial charge >= 0.3 is 5.97 Å². The summed E-state index contributed by atoms with van der Waals surface area (Å²) in [6, 6.07) is 0. The first kappa shape index (κ1) is 14.9. The molecule has 20 heavy (non-hydrogen) atoms. The van der Waals surface area contributed by atoms with Crippen LogP contribution in [0.2, 0.25) is 0 Å². The topological polar surface area (TPSA) is 95.7 Å². The second kappa shape index (κ2) is 5.12. The fourth-order valence-electron chi connectivity index (χ4n) is 3.30. The van der Waals surface area contributed by atoms with Crippen LogP contribution in [0.5, 0.6) is 0 Å². The van der Waals surface area contributed by atoms with Crippen LogP contribution in [0.25, 0.3) is 0 Å². The maximum atomic E-state index is 11.3. The molecule has 2 fully saturated rings. The average Bonchev–Trinajstić information content (AvgIpc) is 2.94. The molecule has 0 saturated carbocycles. The summed E-state index contributed by atoms with van der Waals surface area (Å²) in [5.41, 5.74) is -1.47. The number of aldehydes is 1. The molecule has 0 spiro atoms. The van der Waals surface area contributed by atoms with E-state index < -0.39 is 34.4 Å². The van der Waals surface area contributed by atoms with E-state index in [1.165, 1.54) is 20.8 Å². The first-order chi connectivity index (χ1) is 9.28. The summed E-state index contributed by atoms with van der Waals surface area (Å²) < 4.78 is 10.9. The lowest BCUT2D eigenvalue weighted by atomic mass is 9.72. The van der Waals surface area contributed by atoms with Gasteiger partial charge in [-0.25, -0.2) is 0 Å². The highest BCUT2D eigenvalue weighted by Gasteiger charge is 2.59. The van der Waals surface area contributed by atoms with Gasteiger partial charge < -0.3 is 14.3 Å². The lowest BCUT2D eigenvalue weighted by Crippen LogP contribution is -2.54. The molecule has 0 aromatic heterocycles. The fraction of sp³-hybridized carbons (Fsp3) is 0.846. The van der Waals surface area contributed by atoms with Gasteiger partial charge in [0.2, 0.25) is 0 Å². The van der Waals surface area contributed by atoms with Gasteiger partial charge in [0, 0.05) is 37.5 Å². The molecule has 0 aromatic carbocycles. The molecule has 2 aliphatic rings. The number of carbonyl (C=O) groups excluding carboxylic acids is 2. The SMILES string of the molecule is CC(=O)OC([C@@H]1[C@H](C=O)[C@H]2CC[C@@H]1O2)C(C)(C)[N+](=O)[O-]. The van der Waals surface area contributed by atoms with E-state index in [4.69, 9.17) is 9.47 Å². The van der Waals surface area contributed by atoms with Crippen molar-refractivity contribution < 1.29 is 24.0 Å². The van der Waals surface area contributed by atoms with Crippen LogP contribution in [-0.4, -0.2) is 41.0 Å². The molecule has 0 N–H and O–H groups in total. The van der Waals surface area contributed by atoms with E-state index in [9.17, 15) is 19.7 Å². The molecule has 2 heterocycles. The average molecular weight is 285 g/mol. The zero-order valence-corrected chi connectivity index (χ0v) is 11.8. The fourth-order valence-corrected chi connectivity index (χ4v) is 3.30. The number of nitro groups is 1. The Bertz CT molecular complexity index is 435. The highest BCUT2D eigenvalue weighted by molar-refractivity contribution is 5.66. The van der Waals surface area contributed by atoms with Crippen molar-refractivity contribution in [1.29, 1.82) is 0 Å². The Morgan fingerprint density at radius 3 is 2.55 bits per heavy atom. The molecule has 0 radical (unpaired) electrons. The van der Waals surface area contributed by atoms with Crippen molar-refractivity contribution >= 4 is 12.3 Å². The standard InChI is InChI=1S/C13H19NO6/c1-7(16)19-12(13(2,3)14(17)18)11-8(6-15)9-4-5-10(11)20-9/h6,8-12H,4-5H2,1-3H3/t8-,9-,10+,11-,12?/m1/s1. The zero-order valence-electron chi connectivity index (χ0n) is 11.8. The van der Waals surface area contributed by atoms with Crippen molar-refractivity contribution in [3.8, 4) is 0 Å². The summed E-state index contributed by atoms with van der Waals surface area (Å²) in [6.45, 7) is 4.04. The van der Waals surface area contributed by atoms with Gasteiger partial charge in [-0.3, -0.25) is 14.9 Å². The van der Waals surface area contributed by atoms with Crippen molar-refractivity contribution in [1.82, 2.24) is 0 Å². The van der Waals surface area contributed by atoms with E-state index in [1.807, 2.05) is 0 Å². The van der Waals surface area contributed by atoms with Gasteiger partial charge in [0.15, 0.2) is 6.10 Å². The molecule has 2 rings (SSSR count). The van der Waals surface area contributed by atoms with E-state index >= 15 is 0 Å². The number of ether oxygens (including phenoxy) is 2. The third-order valence-corrected chi connectivity index (χ3v) is 4.35. The minimum atomic E-state index is -1.47. The third-order valence-electron chi connectivity index (χ3n) is 4.35. The quantitative estimate of drug-likeness (QED) is 0.323. The Morgan fingerprint density at radius 1 is 1.45 bits per heavy atom.